The number of fused-ring (bicyclic) bond motifs is 1. The molecule has 4 rings (SSSR count). The van der Waals surface area contributed by atoms with Gasteiger partial charge in [0, 0.05) is 32.6 Å². The van der Waals surface area contributed by atoms with Crippen LogP contribution in [0.4, 0.5) is 0 Å². The first-order valence-electron chi connectivity index (χ1n) is 8.85. The Balaban J connectivity index is 1.70. The first-order valence-corrected chi connectivity index (χ1v) is 10.7. The third kappa shape index (κ3) is 3.05. The first kappa shape index (κ1) is 17.9. The van der Waals surface area contributed by atoms with E-state index in [0.717, 1.165) is 50.5 Å². The molecule has 0 saturated carbocycles. The molecule has 2 aromatic rings. The van der Waals surface area contributed by atoms with Crippen molar-refractivity contribution in [1.82, 2.24) is 24.0 Å². The largest absolute Gasteiger partial charge is 0.312 e. The van der Waals surface area contributed by atoms with Crippen molar-refractivity contribution >= 4 is 21.6 Å². The molecule has 0 radical (unpaired) electrons. The molecule has 1 unspecified atom stereocenters. The van der Waals surface area contributed by atoms with Gasteiger partial charge in [0.15, 0.2) is 5.82 Å². The summed E-state index contributed by atoms with van der Waals surface area (Å²) in [4.78, 5) is 2.41. The van der Waals surface area contributed by atoms with Gasteiger partial charge in [-0.1, -0.05) is 23.7 Å². The van der Waals surface area contributed by atoms with Crippen molar-refractivity contribution in [3.05, 3.63) is 40.9 Å². The lowest BCUT2D eigenvalue weighted by molar-refractivity contribution is 0.330. The normalized spacial score (nSPS) is 22.3. The van der Waals surface area contributed by atoms with Crippen molar-refractivity contribution in [2.24, 2.45) is 0 Å². The summed E-state index contributed by atoms with van der Waals surface area (Å²) in [6, 6.07) is 6.31. The second-order valence-electron chi connectivity index (χ2n) is 6.88. The van der Waals surface area contributed by atoms with Crippen LogP contribution in [0.1, 0.15) is 30.5 Å². The smallest absolute Gasteiger partial charge is 0.245 e. The van der Waals surface area contributed by atoms with Crippen molar-refractivity contribution < 1.29 is 8.42 Å². The second kappa shape index (κ2) is 6.92. The van der Waals surface area contributed by atoms with Gasteiger partial charge in [0.1, 0.15) is 10.7 Å². The average Bonchev–Trinajstić information content (AvgIpc) is 3.21. The van der Waals surface area contributed by atoms with Crippen LogP contribution in [-0.2, 0) is 23.0 Å². The molecule has 3 heterocycles. The Hall–Kier alpha value is -1.48. The van der Waals surface area contributed by atoms with Crippen LogP contribution in [0.5, 0.6) is 0 Å². The quantitative estimate of drug-likeness (QED) is 0.794. The van der Waals surface area contributed by atoms with Crippen LogP contribution in [0.25, 0.3) is 0 Å². The van der Waals surface area contributed by atoms with E-state index in [4.69, 9.17) is 11.6 Å². The van der Waals surface area contributed by atoms with Crippen LogP contribution >= 0.6 is 11.6 Å². The van der Waals surface area contributed by atoms with Crippen LogP contribution in [0.2, 0.25) is 5.02 Å². The zero-order valence-corrected chi connectivity index (χ0v) is 16.2. The van der Waals surface area contributed by atoms with E-state index in [2.05, 4.69) is 26.7 Å². The molecule has 1 aromatic carbocycles. The van der Waals surface area contributed by atoms with Gasteiger partial charge in [0.25, 0.3) is 0 Å². The van der Waals surface area contributed by atoms with Gasteiger partial charge in [-0.15, -0.1) is 10.2 Å². The maximum Gasteiger partial charge on any atom is 0.245 e. The van der Waals surface area contributed by atoms with Gasteiger partial charge in [-0.05, 0) is 32.0 Å². The monoisotopic (exact) mass is 395 g/mol. The van der Waals surface area contributed by atoms with Gasteiger partial charge in [-0.25, -0.2) is 8.42 Å². The maximum atomic E-state index is 13.2. The third-order valence-corrected chi connectivity index (χ3v) is 7.61. The Labute approximate surface area is 158 Å². The van der Waals surface area contributed by atoms with E-state index in [1.807, 2.05) is 0 Å². The van der Waals surface area contributed by atoms with E-state index in [1.165, 1.54) is 0 Å². The molecule has 26 heavy (non-hydrogen) atoms. The molecule has 1 fully saturated rings. The molecule has 140 valence electrons. The minimum Gasteiger partial charge on any atom is -0.312 e. The summed E-state index contributed by atoms with van der Waals surface area (Å²) >= 11 is 6.17. The summed E-state index contributed by atoms with van der Waals surface area (Å²) in [6.45, 7) is 3.09. The van der Waals surface area contributed by atoms with E-state index < -0.39 is 10.0 Å². The summed E-state index contributed by atoms with van der Waals surface area (Å²) in [5.41, 5.74) is 0. The molecular formula is C17H22ClN5O2S. The summed E-state index contributed by atoms with van der Waals surface area (Å²) in [5, 5.41) is 8.97. The predicted molar refractivity (Wildman–Crippen MR) is 98.5 cm³/mol. The van der Waals surface area contributed by atoms with Crippen molar-refractivity contribution in [3.63, 3.8) is 0 Å². The van der Waals surface area contributed by atoms with Gasteiger partial charge in [0.05, 0.1) is 11.1 Å². The van der Waals surface area contributed by atoms with Gasteiger partial charge < -0.3 is 9.47 Å². The number of hydrogen-bond donors (Lipinski definition) is 0. The Morgan fingerprint density at radius 1 is 1.12 bits per heavy atom. The number of nitrogens with zero attached hydrogens (tertiary/aromatic N) is 5. The van der Waals surface area contributed by atoms with E-state index in [1.54, 1.807) is 28.6 Å². The lowest BCUT2D eigenvalue weighted by Crippen LogP contribution is -2.32. The minimum absolute atomic E-state index is 0.156. The van der Waals surface area contributed by atoms with Crippen LogP contribution in [0.15, 0.2) is 29.2 Å². The van der Waals surface area contributed by atoms with Crippen LogP contribution < -0.4 is 0 Å². The highest BCUT2D eigenvalue weighted by atomic mass is 35.5. The molecule has 0 aliphatic carbocycles. The number of likely N-dealkylation sites (N-methyl/N-ethyl adjacent to an activating group) is 1. The fraction of sp³-hybridized carbons (Fsp3) is 0.529. The number of sulfonamides is 1. The Morgan fingerprint density at radius 2 is 1.92 bits per heavy atom. The van der Waals surface area contributed by atoms with E-state index in [0.29, 0.717) is 6.54 Å². The molecule has 1 atom stereocenters. The molecule has 0 N–H and O–H groups in total. The first-order chi connectivity index (χ1) is 12.5. The van der Waals surface area contributed by atoms with E-state index in [9.17, 15) is 8.42 Å². The molecule has 0 amide bonds. The highest BCUT2D eigenvalue weighted by molar-refractivity contribution is 7.89. The maximum absolute atomic E-state index is 13.2. The minimum atomic E-state index is -3.68. The Bertz CT molecular complexity index is 914. The summed E-state index contributed by atoms with van der Waals surface area (Å²) in [5.74, 6) is 1.69. The van der Waals surface area contributed by atoms with Crippen molar-refractivity contribution in [1.29, 1.82) is 0 Å². The third-order valence-electron chi connectivity index (χ3n) is 5.20. The molecule has 1 aromatic heterocycles. The molecule has 0 bridgehead atoms. The molecule has 7 nitrogen and oxygen atoms in total. The van der Waals surface area contributed by atoms with Crippen LogP contribution in [0, 0.1) is 0 Å². The van der Waals surface area contributed by atoms with Crippen molar-refractivity contribution in [2.75, 3.05) is 26.7 Å². The molecule has 2 aliphatic heterocycles. The zero-order chi connectivity index (χ0) is 18.3. The number of rotatable bonds is 3. The molecule has 1 saturated heterocycles. The van der Waals surface area contributed by atoms with Crippen LogP contribution in [-0.4, -0.2) is 59.1 Å². The fourth-order valence-corrected chi connectivity index (χ4v) is 5.91. The standard InChI is InChI=1S/C17H22ClN5O2S/c1-21-10-8-16-19-20-17(22(16)12-11-21)14-6-4-9-23(14)26(24,25)15-7-3-2-5-13(15)18/h2-3,5,7,14H,4,6,8-12H2,1H3. The van der Waals surface area contributed by atoms with Gasteiger partial charge in [-0.2, -0.15) is 4.31 Å². The lowest BCUT2D eigenvalue weighted by Gasteiger charge is -2.24. The average molecular weight is 396 g/mol. The highest BCUT2D eigenvalue weighted by Gasteiger charge is 2.40. The molecule has 2 aliphatic rings. The van der Waals surface area contributed by atoms with Crippen LogP contribution in [0.3, 0.4) is 0 Å². The van der Waals surface area contributed by atoms with Gasteiger partial charge in [-0.3, -0.25) is 0 Å². The number of halogens is 1. The van der Waals surface area contributed by atoms with Gasteiger partial charge >= 0.3 is 0 Å². The summed E-state index contributed by atoms with van der Waals surface area (Å²) in [6.07, 6.45) is 2.38. The lowest BCUT2D eigenvalue weighted by atomic mass is 10.2. The van der Waals surface area contributed by atoms with E-state index >= 15 is 0 Å². The SMILES string of the molecule is CN1CCc2nnc(C3CCCN3S(=O)(=O)c3ccccc3Cl)n2CC1. The number of aromatic nitrogens is 3. The predicted octanol–water partition coefficient (Wildman–Crippen LogP) is 1.95. The Kier molecular flexibility index (Phi) is 4.77. The van der Waals surface area contributed by atoms with Crippen molar-refractivity contribution in [2.45, 2.75) is 36.7 Å². The zero-order valence-electron chi connectivity index (χ0n) is 14.7. The molecule has 0 spiro atoms. The molecule has 9 heteroatoms. The summed E-state index contributed by atoms with van der Waals surface area (Å²) in [7, 11) is -1.59. The van der Waals surface area contributed by atoms with E-state index in [-0.39, 0.29) is 16.0 Å². The highest BCUT2D eigenvalue weighted by Crippen LogP contribution is 2.37. The number of hydrogen-bond acceptors (Lipinski definition) is 5. The van der Waals surface area contributed by atoms with Crippen molar-refractivity contribution in [3.8, 4) is 0 Å². The second-order valence-corrected chi connectivity index (χ2v) is 9.15. The van der Waals surface area contributed by atoms with Gasteiger partial charge in [0.2, 0.25) is 10.0 Å². The Morgan fingerprint density at radius 3 is 2.73 bits per heavy atom. The number of benzene rings is 1. The fourth-order valence-electron chi connectivity index (χ4n) is 3.76. The summed E-state index contributed by atoms with van der Waals surface area (Å²) < 4.78 is 30.1. The topological polar surface area (TPSA) is 71.3 Å². The molecular weight excluding hydrogens is 374 g/mol.